The van der Waals surface area contributed by atoms with Gasteiger partial charge in [-0.2, -0.15) is 0 Å². The summed E-state index contributed by atoms with van der Waals surface area (Å²) in [6.07, 6.45) is -0.844. The molecule has 1 aliphatic rings. The molecule has 2 aromatic carbocycles. The van der Waals surface area contributed by atoms with Crippen molar-refractivity contribution in [3.8, 4) is 11.5 Å². The molecule has 0 spiro atoms. The van der Waals surface area contributed by atoms with Crippen LogP contribution in [0.1, 0.15) is 11.7 Å². The molecule has 0 aliphatic carbocycles. The lowest BCUT2D eigenvalue weighted by atomic mass is 10.0. The fraction of sp³-hybridized carbons (Fsp3) is 0.333. The van der Waals surface area contributed by atoms with Crippen LogP contribution in [0.5, 0.6) is 11.5 Å². The third-order valence-electron chi connectivity index (χ3n) is 3.85. The number of nitrogens with one attached hydrogen (secondary N) is 1. The largest absolute Gasteiger partial charge is 0.493 e. The first-order valence-corrected chi connectivity index (χ1v) is 7.75. The molecular weight excluding hydrogens is 316 g/mol. The fourth-order valence-electron chi connectivity index (χ4n) is 2.70. The van der Waals surface area contributed by atoms with Crippen molar-refractivity contribution in [2.24, 2.45) is 0 Å². The summed E-state index contributed by atoms with van der Waals surface area (Å²) in [7, 11) is 1.44. The van der Waals surface area contributed by atoms with Crippen LogP contribution in [0.4, 0.5) is 8.78 Å². The topological polar surface area (TPSA) is 39.7 Å². The van der Waals surface area contributed by atoms with Gasteiger partial charge in [0.1, 0.15) is 17.7 Å². The van der Waals surface area contributed by atoms with Crippen molar-refractivity contribution in [3.05, 3.63) is 59.7 Å². The molecule has 0 bridgehead atoms. The fourth-order valence-corrected chi connectivity index (χ4v) is 2.70. The number of rotatable bonds is 5. The van der Waals surface area contributed by atoms with Gasteiger partial charge < -0.3 is 19.5 Å². The van der Waals surface area contributed by atoms with E-state index in [0.717, 1.165) is 6.54 Å². The minimum absolute atomic E-state index is 0.278. The Morgan fingerprint density at radius 2 is 1.96 bits per heavy atom. The maximum Gasteiger partial charge on any atom is 0.163 e. The molecule has 0 radical (unpaired) electrons. The summed E-state index contributed by atoms with van der Waals surface area (Å²) in [6.45, 7) is 1.87. The molecule has 1 aliphatic heterocycles. The zero-order valence-electron chi connectivity index (χ0n) is 13.3. The van der Waals surface area contributed by atoms with Crippen LogP contribution in [0.25, 0.3) is 0 Å². The Balaban J connectivity index is 1.92. The van der Waals surface area contributed by atoms with Crippen LogP contribution < -0.4 is 14.8 Å². The Labute approximate surface area is 139 Å². The number of benzene rings is 2. The highest BCUT2D eigenvalue weighted by Gasteiger charge is 2.29. The van der Waals surface area contributed by atoms with Crippen LogP contribution >= 0.6 is 0 Å². The van der Waals surface area contributed by atoms with Gasteiger partial charge in [-0.1, -0.05) is 12.1 Å². The first-order chi connectivity index (χ1) is 11.7. The number of halogens is 2. The number of methoxy groups -OCH3 is 1. The van der Waals surface area contributed by atoms with Gasteiger partial charge in [0.2, 0.25) is 0 Å². The summed E-state index contributed by atoms with van der Waals surface area (Å²) in [5, 5.41) is 3.23. The number of ether oxygens (including phenoxy) is 3. The molecule has 1 saturated heterocycles. The van der Waals surface area contributed by atoms with E-state index in [4.69, 9.17) is 14.2 Å². The minimum atomic E-state index is -0.548. The second-order valence-electron chi connectivity index (χ2n) is 5.50. The van der Waals surface area contributed by atoms with E-state index < -0.39 is 11.9 Å². The molecule has 0 amide bonds. The standard InChI is InChI=1S/C18H19F2NO3/c1-22-16-10-14(20)5-6-15(16)24-18(17-11-21-7-8-23-17)12-3-2-4-13(19)9-12/h2-6,9-10,17-18,21H,7-8,11H2,1H3/t17?,18-/m0/s1. The molecule has 4 nitrogen and oxygen atoms in total. The Kier molecular flexibility index (Phi) is 5.27. The van der Waals surface area contributed by atoms with Crippen LogP contribution in [-0.2, 0) is 4.74 Å². The summed E-state index contributed by atoms with van der Waals surface area (Å²) in [6, 6.07) is 10.2. The van der Waals surface area contributed by atoms with E-state index in [1.54, 1.807) is 12.1 Å². The predicted molar refractivity (Wildman–Crippen MR) is 85.3 cm³/mol. The maximum atomic E-state index is 13.6. The smallest absolute Gasteiger partial charge is 0.163 e. The second-order valence-corrected chi connectivity index (χ2v) is 5.50. The average Bonchev–Trinajstić information content (AvgIpc) is 2.61. The van der Waals surface area contributed by atoms with Gasteiger partial charge in [-0.3, -0.25) is 0 Å². The molecule has 1 heterocycles. The van der Waals surface area contributed by atoms with Gasteiger partial charge in [-0.25, -0.2) is 8.78 Å². The lowest BCUT2D eigenvalue weighted by molar-refractivity contribution is -0.0439. The molecule has 128 valence electrons. The monoisotopic (exact) mass is 335 g/mol. The number of hydrogen-bond donors (Lipinski definition) is 1. The summed E-state index contributed by atoms with van der Waals surface area (Å²) >= 11 is 0. The van der Waals surface area contributed by atoms with E-state index in [-0.39, 0.29) is 17.7 Å². The third-order valence-corrected chi connectivity index (χ3v) is 3.85. The lowest BCUT2D eigenvalue weighted by Gasteiger charge is -2.32. The summed E-state index contributed by atoms with van der Waals surface area (Å²) in [5.74, 6) is -0.115. The van der Waals surface area contributed by atoms with Crippen LogP contribution in [0.3, 0.4) is 0 Å². The van der Waals surface area contributed by atoms with Crippen molar-refractivity contribution in [1.29, 1.82) is 0 Å². The second kappa shape index (κ2) is 7.59. The third kappa shape index (κ3) is 3.83. The molecule has 2 aromatic rings. The molecule has 1 N–H and O–H groups in total. The number of morpholine rings is 1. The molecule has 2 atom stereocenters. The van der Waals surface area contributed by atoms with Gasteiger partial charge in [0.05, 0.1) is 13.7 Å². The van der Waals surface area contributed by atoms with Crippen molar-refractivity contribution in [3.63, 3.8) is 0 Å². The Hall–Kier alpha value is -2.18. The summed E-state index contributed by atoms with van der Waals surface area (Å²) in [4.78, 5) is 0. The van der Waals surface area contributed by atoms with Crippen molar-refractivity contribution in [2.75, 3.05) is 26.8 Å². The van der Waals surface area contributed by atoms with Crippen molar-refractivity contribution >= 4 is 0 Å². The minimum Gasteiger partial charge on any atom is -0.493 e. The summed E-state index contributed by atoms with van der Waals surface area (Å²) < 4.78 is 44.0. The highest BCUT2D eigenvalue weighted by molar-refractivity contribution is 5.40. The SMILES string of the molecule is COc1cc(F)ccc1O[C@@H](c1cccc(F)c1)C1CNCCO1. The Morgan fingerprint density at radius 3 is 2.67 bits per heavy atom. The molecule has 0 aromatic heterocycles. The highest BCUT2D eigenvalue weighted by Crippen LogP contribution is 2.34. The maximum absolute atomic E-state index is 13.6. The molecule has 1 fully saturated rings. The molecule has 24 heavy (non-hydrogen) atoms. The van der Waals surface area contributed by atoms with Crippen molar-refractivity contribution < 1.29 is 23.0 Å². The highest BCUT2D eigenvalue weighted by atomic mass is 19.1. The zero-order chi connectivity index (χ0) is 16.9. The quantitative estimate of drug-likeness (QED) is 0.912. The predicted octanol–water partition coefficient (Wildman–Crippen LogP) is 3.08. The van der Waals surface area contributed by atoms with E-state index in [9.17, 15) is 8.78 Å². The van der Waals surface area contributed by atoms with Crippen LogP contribution in [0, 0.1) is 11.6 Å². The number of hydrogen-bond acceptors (Lipinski definition) is 4. The van der Waals surface area contributed by atoms with Crippen LogP contribution in [-0.4, -0.2) is 32.9 Å². The van der Waals surface area contributed by atoms with Gasteiger partial charge in [0, 0.05) is 19.2 Å². The first kappa shape index (κ1) is 16.7. The van der Waals surface area contributed by atoms with Crippen molar-refractivity contribution in [2.45, 2.75) is 12.2 Å². The first-order valence-electron chi connectivity index (χ1n) is 7.75. The molecule has 0 saturated carbocycles. The van der Waals surface area contributed by atoms with Gasteiger partial charge in [0.25, 0.3) is 0 Å². The lowest BCUT2D eigenvalue weighted by Crippen LogP contribution is -2.43. The van der Waals surface area contributed by atoms with Gasteiger partial charge in [0.15, 0.2) is 17.6 Å². The van der Waals surface area contributed by atoms with Crippen LogP contribution in [0.2, 0.25) is 0 Å². The van der Waals surface area contributed by atoms with E-state index in [1.165, 1.54) is 37.4 Å². The van der Waals surface area contributed by atoms with Crippen molar-refractivity contribution in [1.82, 2.24) is 5.32 Å². The molecule has 6 heteroatoms. The van der Waals surface area contributed by atoms with Gasteiger partial charge >= 0.3 is 0 Å². The molecule has 3 rings (SSSR count). The Bertz CT molecular complexity index is 690. The van der Waals surface area contributed by atoms with Gasteiger partial charge in [-0.15, -0.1) is 0 Å². The molecule has 1 unspecified atom stereocenters. The normalized spacial score (nSPS) is 18.9. The van der Waals surface area contributed by atoms with E-state index in [1.807, 2.05) is 0 Å². The van der Waals surface area contributed by atoms with Gasteiger partial charge in [-0.05, 0) is 29.8 Å². The summed E-state index contributed by atoms with van der Waals surface area (Å²) in [5.41, 5.74) is 0.648. The zero-order valence-corrected chi connectivity index (χ0v) is 13.3. The average molecular weight is 335 g/mol. The van der Waals surface area contributed by atoms with E-state index in [0.29, 0.717) is 24.5 Å². The van der Waals surface area contributed by atoms with E-state index in [2.05, 4.69) is 5.32 Å². The molecular formula is C18H19F2NO3. The Morgan fingerprint density at radius 1 is 1.12 bits per heavy atom. The van der Waals surface area contributed by atoms with E-state index >= 15 is 0 Å². The van der Waals surface area contributed by atoms with Crippen LogP contribution in [0.15, 0.2) is 42.5 Å².